The van der Waals surface area contributed by atoms with Crippen LogP contribution in [0.2, 0.25) is 0 Å². The number of hydrogen-bond acceptors (Lipinski definition) is 6. The van der Waals surface area contributed by atoms with Crippen molar-refractivity contribution < 1.29 is 23.9 Å². The van der Waals surface area contributed by atoms with E-state index in [1.54, 1.807) is 26.8 Å². The number of hydrogen-bond donors (Lipinski definition) is 0. The number of nitrogens with zero attached hydrogens (tertiary/aromatic N) is 1. The summed E-state index contributed by atoms with van der Waals surface area (Å²) in [5.74, 6) is -1.40. The van der Waals surface area contributed by atoms with E-state index in [9.17, 15) is 9.59 Å². The van der Waals surface area contributed by atoms with Crippen LogP contribution in [0.5, 0.6) is 0 Å². The summed E-state index contributed by atoms with van der Waals surface area (Å²) >= 11 is 0. The van der Waals surface area contributed by atoms with Crippen LogP contribution in [-0.2, 0) is 23.9 Å². The Hall–Kier alpha value is -1.85. The lowest BCUT2D eigenvalue weighted by atomic mass is 10.0. The molecular weight excluding hydrogens is 250 g/mol. The van der Waals surface area contributed by atoms with Crippen molar-refractivity contribution in [2.24, 2.45) is 11.1 Å². The zero-order chi connectivity index (χ0) is 14.7. The van der Waals surface area contributed by atoms with E-state index in [4.69, 9.17) is 9.47 Å². The minimum atomic E-state index is -0.564. The van der Waals surface area contributed by atoms with Crippen LogP contribution in [0, 0.1) is 5.92 Å². The van der Waals surface area contributed by atoms with Crippen LogP contribution < -0.4 is 0 Å². The second-order valence-corrected chi connectivity index (χ2v) is 3.61. The van der Waals surface area contributed by atoms with E-state index in [-0.39, 0.29) is 6.61 Å². The third-order valence-electron chi connectivity index (χ3n) is 2.22. The first-order valence-corrected chi connectivity index (χ1v) is 6.14. The Kier molecular flexibility index (Phi) is 9.12. The van der Waals surface area contributed by atoms with Crippen molar-refractivity contribution in [1.82, 2.24) is 0 Å². The van der Waals surface area contributed by atoms with Crippen LogP contribution in [0.3, 0.4) is 0 Å². The van der Waals surface area contributed by atoms with Gasteiger partial charge in [0.05, 0.1) is 18.9 Å². The number of ether oxygens (including phenoxy) is 2. The highest BCUT2D eigenvalue weighted by atomic mass is 16.6. The van der Waals surface area contributed by atoms with Gasteiger partial charge in [-0.25, -0.2) is 4.79 Å². The number of allylic oxidation sites excluding steroid dienone is 1. The summed E-state index contributed by atoms with van der Waals surface area (Å²) in [6, 6.07) is 0. The highest BCUT2D eigenvalue weighted by Gasteiger charge is 2.22. The van der Waals surface area contributed by atoms with Crippen LogP contribution in [0.4, 0.5) is 0 Å². The molecule has 1 atom stereocenters. The molecule has 1 unspecified atom stereocenters. The van der Waals surface area contributed by atoms with Crippen LogP contribution in [0.25, 0.3) is 0 Å². The molecule has 6 heteroatoms. The molecular formula is C13H21NO5. The standard InChI is InChI=1S/C13H21NO5/c1-5-18-12(15)9-7-8-11(10(3)14-17-4)13(16)19-6-2/h7,9,11H,5-6,8H2,1-4H3/b9-7+,14-10+. The van der Waals surface area contributed by atoms with Crippen LogP contribution in [-0.4, -0.2) is 38.0 Å². The molecule has 0 aromatic rings. The summed E-state index contributed by atoms with van der Waals surface area (Å²) in [4.78, 5) is 27.5. The van der Waals surface area contributed by atoms with Gasteiger partial charge >= 0.3 is 11.9 Å². The van der Waals surface area contributed by atoms with Gasteiger partial charge in [-0.1, -0.05) is 11.2 Å². The molecule has 0 bridgehead atoms. The second-order valence-electron chi connectivity index (χ2n) is 3.61. The Morgan fingerprint density at radius 1 is 1.21 bits per heavy atom. The number of esters is 2. The predicted octanol–water partition coefficient (Wildman–Crippen LogP) is 1.70. The van der Waals surface area contributed by atoms with E-state index < -0.39 is 17.9 Å². The quantitative estimate of drug-likeness (QED) is 0.291. The first kappa shape index (κ1) is 17.2. The Balaban J connectivity index is 4.64. The average Bonchev–Trinajstić information content (AvgIpc) is 2.35. The van der Waals surface area contributed by atoms with E-state index in [0.29, 0.717) is 18.7 Å². The lowest BCUT2D eigenvalue weighted by molar-refractivity contribution is -0.145. The minimum absolute atomic E-state index is 0.289. The Bertz CT molecular complexity index is 349. The molecule has 0 aliphatic rings. The molecule has 6 nitrogen and oxygen atoms in total. The smallest absolute Gasteiger partial charge is 0.330 e. The van der Waals surface area contributed by atoms with Crippen LogP contribution >= 0.6 is 0 Å². The number of carbonyl (C=O) groups excluding carboxylic acids is 2. The third-order valence-corrected chi connectivity index (χ3v) is 2.22. The topological polar surface area (TPSA) is 74.2 Å². The molecule has 0 aromatic carbocycles. The van der Waals surface area contributed by atoms with E-state index in [2.05, 4.69) is 9.99 Å². The molecule has 0 radical (unpaired) electrons. The SMILES string of the molecule is CCOC(=O)/C=C/CC(C(=O)OCC)/C(C)=N/OC. The first-order chi connectivity index (χ1) is 9.06. The van der Waals surface area contributed by atoms with E-state index in [1.165, 1.54) is 13.2 Å². The number of carbonyl (C=O) groups is 2. The molecule has 0 aromatic heterocycles. The highest BCUT2D eigenvalue weighted by molar-refractivity contribution is 6.00. The van der Waals surface area contributed by atoms with Crippen molar-refractivity contribution in [2.45, 2.75) is 27.2 Å². The number of rotatable bonds is 8. The monoisotopic (exact) mass is 271 g/mol. The van der Waals surface area contributed by atoms with Crippen molar-refractivity contribution in [3.63, 3.8) is 0 Å². The van der Waals surface area contributed by atoms with Crippen molar-refractivity contribution in [2.75, 3.05) is 20.3 Å². The predicted molar refractivity (Wildman–Crippen MR) is 70.6 cm³/mol. The molecule has 0 spiro atoms. The fourth-order valence-corrected chi connectivity index (χ4v) is 1.38. The minimum Gasteiger partial charge on any atom is -0.465 e. The zero-order valence-corrected chi connectivity index (χ0v) is 11.8. The summed E-state index contributed by atoms with van der Waals surface area (Å²) in [6.45, 7) is 5.73. The van der Waals surface area contributed by atoms with Gasteiger partial charge in [-0.3, -0.25) is 4.79 Å². The third kappa shape index (κ3) is 7.23. The molecule has 0 saturated carbocycles. The molecule has 19 heavy (non-hydrogen) atoms. The summed E-state index contributed by atoms with van der Waals surface area (Å²) < 4.78 is 9.69. The maximum Gasteiger partial charge on any atom is 0.330 e. The Morgan fingerprint density at radius 3 is 2.37 bits per heavy atom. The molecule has 0 rings (SSSR count). The van der Waals surface area contributed by atoms with Gasteiger partial charge in [-0.15, -0.1) is 0 Å². The fourth-order valence-electron chi connectivity index (χ4n) is 1.38. The van der Waals surface area contributed by atoms with Gasteiger partial charge in [-0.05, 0) is 27.2 Å². The normalized spacial score (nSPS) is 13.2. The highest BCUT2D eigenvalue weighted by Crippen LogP contribution is 2.10. The van der Waals surface area contributed by atoms with Crippen molar-refractivity contribution in [1.29, 1.82) is 0 Å². The van der Waals surface area contributed by atoms with Gasteiger partial charge in [0, 0.05) is 6.08 Å². The molecule has 0 saturated heterocycles. The zero-order valence-electron chi connectivity index (χ0n) is 11.8. The summed E-state index contributed by atoms with van der Waals surface area (Å²) in [5.41, 5.74) is 0.495. The molecule has 0 heterocycles. The second kappa shape index (κ2) is 10.1. The maximum atomic E-state index is 11.8. The van der Waals surface area contributed by atoms with E-state index in [1.807, 2.05) is 0 Å². The molecule has 0 fully saturated rings. The van der Waals surface area contributed by atoms with Crippen LogP contribution in [0.15, 0.2) is 17.3 Å². The summed E-state index contributed by atoms with van der Waals surface area (Å²) in [7, 11) is 1.40. The first-order valence-electron chi connectivity index (χ1n) is 6.14. The maximum absolute atomic E-state index is 11.8. The van der Waals surface area contributed by atoms with Gasteiger partial charge in [0.15, 0.2) is 0 Å². The Labute approximate surface area is 113 Å². The molecule has 0 N–H and O–H groups in total. The van der Waals surface area contributed by atoms with Crippen molar-refractivity contribution in [3.8, 4) is 0 Å². The van der Waals surface area contributed by atoms with Crippen molar-refractivity contribution >= 4 is 17.7 Å². The van der Waals surface area contributed by atoms with Gasteiger partial charge in [0.2, 0.25) is 0 Å². The average molecular weight is 271 g/mol. The Morgan fingerprint density at radius 2 is 1.84 bits per heavy atom. The summed E-state index contributed by atoms with van der Waals surface area (Å²) in [6.07, 6.45) is 3.15. The van der Waals surface area contributed by atoms with Gasteiger partial charge in [0.25, 0.3) is 0 Å². The van der Waals surface area contributed by atoms with E-state index in [0.717, 1.165) is 0 Å². The molecule has 0 aliphatic carbocycles. The lowest BCUT2D eigenvalue weighted by Crippen LogP contribution is -2.24. The lowest BCUT2D eigenvalue weighted by Gasteiger charge is -2.12. The molecule has 0 amide bonds. The van der Waals surface area contributed by atoms with Crippen molar-refractivity contribution in [3.05, 3.63) is 12.2 Å². The van der Waals surface area contributed by atoms with Gasteiger partial charge in [-0.2, -0.15) is 0 Å². The number of oxime groups is 1. The van der Waals surface area contributed by atoms with Gasteiger partial charge in [0.1, 0.15) is 13.0 Å². The largest absolute Gasteiger partial charge is 0.465 e. The summed E-state index contributed by atoms with van der Waals surface area (Å²) in [5, 5.41) is 3.73. The molecule has 108 valence electrons. The fraction of sp³-hybridized carbons (Fsp3) is 0.615. The van der Waals surface area contributed by atoms with Crippen LogP contribution in [0.1, 0.15) is 27.2 Å². The van der Waals surface area contributed by atoms with Gasteiger partial charge < -0.3 is 14.3 Å². The molecule has 0 aliphatic heterocycles. The van der Waals surface area contributed by atoms with E-state index >= 15 is 0 Å².